The van der Waals surface area contributed by atoms with Crippen molar-refractivity contribution in [2.75, 3.05) is 20.8 Å². The molecule has 13 heteroatoms. The van der Waals surface area contributed by atoms with Gasteiger partial charge < -0.3 is 39.6 Å². The van der Waals surface area contributed by atoms with Gasteiger partial charge in [0.1, 0.15) is 24.8 Å². The minimum Gasteiger partial charge on any atom is -0.463 e. The van der Waals surface area contributed by atoms with Crippen LogP contribution in [0.5, 0.6) is 0 Å². The van der Waals surface area contributed by atoms with E-state index in [1.807, 2.05) is 76.3 Å². The van der Waals surface area contributed by atoms with Gasteiger partial charge in [-0.1, -0.05) is 95.0 Å². The van der Waals surface area contributed by atoms with Crippen LogP contribution in [-0.2, 0) is 42.9 Å². The van der Waals surface area contributed by atoms with Gasteiger partial charge in [0.2, 0.25) is 11.8 Å². The highest BCUT2D eigenvalue weighted by molar-refractivity contribution is 5.96. The third-order valence-electron chi connectivity index (χ3n) is 11.6. The minimum absolute atomic E-state index is 0.329. The fourth-order valence-electron chi connectivity index (χ4n) is 7.63. The van der Waals surface area contributed by atoms with Gasteiger partial charge in [-0.3, -0.25) is 19.2 Å². The van der Waals surface area contributed by atoms with E-state index in [4.69, 9.17) is 18.9 Å². The summed E-state index contributed by atoms with van der Waals surface area (Å²) in [5, 5.41) is 16.6. The molecule has 0 bridgehead atoms. The van der Waals surface area contributed by atoms with Gasteiger partial charge in [-0.15, -0.1) is 0 Å². The van der Waals surface area contributed by atoms with Crippen LogP contribution < -0.4 is 10.6 Å². The normalized spacial score (nSPS) is 32.6. The number of epoxide rings is 1. The summed E-state index contributed by atoms with van der Waals surface area (Å²) in [5.74, 6) is -4.38. The van der Waals surface area contributed by atoms with Crippen LogP contribution in [0.4, 0.5) is 0 Å². The SMILES string of the molecule is CC[C@H](C)[C@H]1C(=O)N[C@H](COC(=O)C2CCCCC2)C(=O)N[C@@H](C(C)(C)O)C(=O)O[C@H](c2ccccc2)[C@H](C)/C=C/C=C(\C)[C@H](OC)C[C@@H]2O[C@@]2(C)C(=O)N1C. The molecule has 0 unspecified atom stereocenters. The number of methoxy groups -OCH3 is 1. The van der Waals surface area contributed by atoms with E-state index in [2.05, 4.69) is 10.6 Å². The summed E-state index contributed by atoms with van der Waals surface area (Å²) in [5.41, 5.74) is -1.46. The summed E-state index contributed by atoms with van der Waals surface area (Å²) in [6, 6.07) is 5.03. The Morgan fingerprint density at radius 3 is 2.34 bits per heavy atom. The average Bonchev–Trinajstić information content (AvgIpc) is 3.84. The smallest absolute Gasteiger partial charge is 0.332 e. The van der Waals surface area contributed by atoms with Gasteiger partial charge in [0.25, 0.3) is 5.91 Å². The van der Waals surface area contributed by atoms with Crippen LogP contribution in [0.2, 0.25) is 0 Å². The van der Waals surface area contributed by atoms with Crippen molar-refractivity contribution < 1.29 is 48.0 Å². The summed E-state index contributed by atoms with van der Waals surface area (Å²) in [6.45, 7) is 11.4. The van der Waals surface area contributed by atoms with E-state index >= 15 is 0 Å². The molecule has 0 aromatic heterocycles. The lowest BCUT2D eigenvalue weighted by Crippen LogP contribution is -2.62. The van der Waals surface area contributed by atoms with Crippen molar-refractivity contribution in [1.29, 1.82) is 0 Å². The standard InChI is InChI=1S/C43H63N3O10/c1-10-26(2)34-38(48)44-31(25-54-39(49)30-22-15-12-16-23-30)37(47)45-36(42(5,6)52)40(50)55-35(29-20-13-11-14-21-29)28(4)19-17-18-27(3)32(53-9)24-33-43(7,56-33)41(51)46(34)8/h11,13-14,17-21,26,28,30-36,52H,10,12,15-16,22-25H2,1-9H3,(H,44,48)(H,45,47)/b19-17+,27-18+/t26-,28+,31+,32+,33-,34-,35-,36+,43+/m0/s1. The number of fused-ring (bicyclic) bond motifs is 1. The number of hydrogen-bond acceptors (Lipinski definition) is 10. The number of amides is 3. The number of esters is 2. The van der Waals surface area contributed by atoms with Gasteiger partial charge in [0.15, 0.2) is 11.6 Å². The van der Waals surface area contributed by atoms with E-state index in [0.29, 0.717) is 31.2 Å². The van der Waals surface area contributed by atoms with Crippen LogP contribution in [0.1, 0.15) is 105 Å². The second kappa shape index (κ2) is 19.4. The quantitative estimate of drug-likeness (QED) is 0.248. The zero-order valence-corrected chi connectivity index (χ0v) is 34.5. The zero-order valence-electron chi connectivity index (χ0n) is 34.5. The first-order chi connectivity index (χ1) is 26.4. The van der Waals surface area contributed by atoms with Crippen LogP contribution >= 0.6 is 0 Å². The molecular weight excluding hydrogens is 718 g/mol. The lowest BCUT2D eigenvalue weighted by Gasteiger charge is -2.35. The molecule has 2 aliphatic heterocycles. The predicted molar refractivity (Wildman–Crippen MR) is 210 cm³/mol. The Bertz CT molecular complexity index is 1600. The highest BCUT2D eigenvalue weighted by Gasteiger charge is 2.61. The van der Waals surface area contributed by atoms with Gasteiger partial charge in [-0.05, 0) is 57.6 Å². The molecule has 1 saturated carbocycles. The number of rotatable bonds is 8. The molecule has 1 aliphatic carbocycles. The van der Waals surface area contributed by atoms with Crippen molar-refractivity contribution in [3.05, 3.63) is 59.7 Å². The first-order valence-corrected chi connectivity index (χ1v) is 20.0. The fourth-order valence-corrected chi connectivity index (χ4v) is 7.63. The number of nitrogens with one attached hydrogen (secondary N) is 2. The fraction of sp³-hybridized carbons (Fsp3) is 0.651. The molecule has 1 aromatic rings. The molecule has 2 heterocycles. The molecule has 0 spiro atoms. The Labute approximate surface area is 331 Å². The second-order valence-electron chi connectivity index (χ2n) is 16.5. The van der Waals surface area contributed by atoms with Crippen molar-refractivity contribution in [3.63, 3.8) is 0 Å². The number of ether oxygens (including phenoxy) is 4. The number of carbonyl (C=O) groups excluding carboxylic acids is 5. The molecule has 56 heavy (non-hydrogen) atoms. The average molecular weight is 782 g/mol. The number of cyclic esters (lactones) is 1. The van der Waals surface area contributed by atoms with Crippen molar-refractivity contribution in [3.8, 4) is 0 Å². The molecule has 9 atom stereocenters. The maximum Gasteiger partial charge on any atom is 0.332 e. The molecule has 310 valence electrons. The first-order valence-electron chi connectivity index (χ1n) is 20.0. The third-order valence-corrected chi connectivity index (χ3v) is 11.6. The number of likely N-dealkylation sites (N-methyl/N-ethyl adjacent to an activating group) is 1. The van der Waals surface area contributed by atoms with Gasteiger partial charge in [0.05, 0.1) is 23.7 Å². The zero-order chi connectivity index (χ0) is 41.4. The first kappa shape index (κ1) is 44.6. The highest BCUT2D eigenvalue weighted by Crippen LogP contribution is 2.42. The van der Waals surface area contributed by atoms with E-state index in [-0.39, 0.29) is 23.9 Å². The minimum atomic E-state index is -1.83. The molecule has 3 aliphatic rings. The second-order valence-corrected chi connectivity index (χ2v) is 16.5. The Morgan fingerprint density at radius 2 is 1.73 bits per heavy atom. The topological polar surface area (TPSA) is 173 Å². The Kier molecular flexibility index (Phi) is 15.5. The van der Waals surface area contributed by atoms with Gasteiger partial charge >= 0.3 is 11.9 Å². The molecule has 4 rings (SSSR count). The molecular formula is C43H63N3O10. The molecule has 13 nitrogen and oxygen atoms in total. The van der Waals surface area contributed by atoms with Crippen LogP contribution in [0, 0.1) is 17.8 Å². The lowest BCUT2D eigenvalue weighted by atomic mass is 9.89. The Balaban J connectivity index is 1.76. The molecule has 1 saturated heterocycles. The van der Waals surface area contributed by atoms with Crippen LogP contribution in [0.25, 0.3) is 0 Å². The van der Waals surface area contributed by atoms with Crippen LogP contribution in [0.15, 0.2) is 54.1 Å². The summed E-state index contributed by atoms with van der Waals surface area (Å²) in [7, 11) is 3.12. The third kappa shape index (κ3) is 11.1. The molecule has 2 fully saturated rings. The lowest BCUT2D eigenvalue weighted by molar-refractivity contribution is -0.163. The van der Waals surface area contributed by atoms with Gasteiger partial charge in [-0.2, -0.15) is 0 Å². The number of nitrogens with zero attached hydrogens (tertiary/aromatic N) is 1. The number of benzene rings is 1. The van der Waals surface area contributed by atoms with Crippen molar-refractivity contribution in [2.24, 2.45) is 17.8 Å². The summed E-state index contributed by atoms with van der Waals surface area (Å²) >= 11 is 0. The number of allylic oxidation sites excluding steroid dienone is 2. The van der Waals surface area contributed by atoms with Crippen molar-refractivity contribution >= 4 is 29.7 Å². The highest BCUT2D eigenvalue weighted by atomic mass is 16.6. The van der Waals surface area contributed by atoms with Crippen molar-refractivity contribution in [2.45, 2.75) is 141 Å². The largest absolute Gasteiger partial charge is 0.463 e. The van der Waals surface area contributed by atoms with E-state index in [1.54, 1.807) is 14.0 Å². The Hall–Kier alpha value is -4.07. The van der Waals surface area contributed by atoms with E-state index in [0.717, 1.165) is 24.8 Å². The monoisotopic (exact) mass is 781 g/mol. The molecule has 3 N–H and O–H groups in total. The maximum absolute atomic E-state index is 14.3. The number of aliphatic hydroxyl groups is 1. The summed E-state index contributed by atoms with van der Waals surface area (Å²) < 4.78 is 23.6. The van der Waals surface area contributed by atoms with E-state index < -0.39 is 77.8 Å². The van der Waals surface area contributed by atoms with E-state index in [9.17, 15) is 29.1 Å². The predicted octanol–water partition coefficient (Wildman–Crippen LogP) is 4.72. The molecule has 3 amide bonds. The summed E-state index contributed by atoms with van der Waals surface area (Å²) in [4.78, 5) is 71.2. The molecule has 0 radical (unpaired) electrons. The van der Waals surface area contributed by atoms with Crippen LogP contribution in [-0.4, -0.2) is 102 Å². The molecule has 1 aromatic carbocycles. The maximum atomic E-state index is 14.3. The Morgan fingerprint density at radius 1 is 1.07 bits per heavy atom. The van der Waals surface area contributed by atoms with E-state index in [1.165, 1.54) is 25.8 Å². The van der Waals surface area contributed by atoms with Crippen molar-refractivity contribution in [1.82, 2.24) is 15.5 Å². The summed E-state index contributed by atoms with van der Waals surface area (Å²) in [6.07, 6.45) is 8.98. The van der Waals surface area contributed by atoms with Crippen LogP contribution in [0.3, 0.4) is 0 Å². The van der Waals surface area contributed by atoms with Gasteiger partial charge in [-0.25, -0.2) is 4.79 Å². The van der Waals surface area contributed by atoms with Gasteiger partial charge in [0, 0.05) is 26.5 Å². The number of hydrogen-bond donors (Lipinski definition) is 3. The number of carbonyl (C=O) groups is 5.